The summed E-state index contributed by atoms with van der Waals surface area (Å²) in [6.45, 7) is 0.497. The molecule has 4 nitrogen and oxygen atoms in total. The van der Waals surface area contributed by atoms with E-state index in [-0.39, 0.29) is 23.4 Å². The molecular formula is C8H9NO3S. The molecule has 1 fully saturated rings. The molecule has 0 aromatic carbocycles. The van der Waals surface area contributed by atoms with Crippen molar-refractivity contribution < 1.29 is 14.3 Å². The number of amides is 2. The van der Waals surface area contributed by atoms with Gasteiger partial charge in [0.05, 0.1) is 12.3 Å². The maximum atomic E-state index is 11.0. The molecule has 0 radical (unpaired) electrons. The van der Waals surface area contributed by atoms with Crippen LogP contribution in [0.4, 0.5) is 4.79 Å². The van der Waals surface area contributed by atoms with Crippen molar-refractivity contribution in [1.29, 1.82) is 0 Å². The monoisotopic (exact) mass is 199 g/mol. The Balaban J connectivity index is 2.41. The van der Waals surface area contributed by atoms with Gasteiger partial charge in [-0.25, -0.2) is 0 Å². The third-order valence-electron chi connectivity index (χ3n) is 1.42. The summed E-state index contributed by atoms with van der Waals surface area (Å²) in [5.74, 6) is 5.44. The summed E-state index contributed by atoms with van der Waals surface area (Å²) in [6.07, 6.45) is 0. The van der Waals surface area contributed by atoms with E-state index in [2.05, 4.69) is 11.8 Å². The summed E-state index contributed by atoms with van der Waals surface area (Å²) in [5.41, 5.74) is 0. The van der Waals surface area contributed by atoms with Crippen LogP contribution >= 0.6 is 11.8 Å². The average molecular weight is 199 g/mol. The van der Waals surface area contributed by atoms with Gasteiger partial charge in [0.15, 0.2) is 0 Å². The molecule has 5 heteroatoms. The number of nitrogens with zero attached hydrogens (tertiary/aromatic N) is 1. The van der Waals surface area contributed by atoms with Crippen LogP contribution in [-0.4, -0.2) is 42.1 Å². The molecule has 0 spiro atoms. The van der Waals surface area contributed by atoms with Crippen LogP contribution in [0.5, 0.6) is 0 Å². The number of thioether (sulfide) groups is 1. The molecule has 0 aromatic heterocycles. The van der Waals surface area contributed by atoms with Crippen LogP contribution in [0.15, 0.2) is 0 Å². The molecule has 1 heterocycles. The van der Waals surface area contributed by atoms with Crippen LogP contribution in [0, 0.1) is 11.8 Å². The van der Waals surface area contributed by atoms with Gasteiger partial charge >= 0.3 is 0 Å². The smallest absolute Gasteiger partial charge is 0.289 e. The summed E-state index contributed by atoms with van der Waals surface area (Å²) in [5, 5.41) is -0.211. The van der Waals surface area contributed by atoms with Gasteiger partial charge in [-0.2, -0.15) is 0 Å². The van der Waals surface area contributed by atoms with E-state index < -0.39 is 0 Å². The first kappa shape index (κ1) is 10.1. The van der Waals surface area contributed by atoms with Crippen LogP contribution in [-0.2, 0) is 9.53 Å². The van der Waals surface area contributed by atoms with E-state index in [1.165, 1.54) is 7.11 Å². The molecule has 13 heavy (non-hydrogen) atoms. The second kappa shape index (κ2) is 4.90. The fraction of sp³-hybridized carbons (Fsp3) is 0.500. The summed E-state index contributed by atoms with van der Waals surface area (Å²) >= 11 is 1.02. The number of carbonyl (C=O) groups excluding carboxylic acids is 2. The Bertz CT molecular complexity index is 263. The van der Waals surface area contributed by atoms with Gasteiger partial charge in [0.2, 0.25) is 5.91 Å². The maximum Gasteiger partial charge on any atom is 0.289 e. The van der Waals surface area contributed by atoms with Crippen molar-refractivity contribution in [2.24, 2.45) is 0 Å². The Morgan fingerprint density at radius 1 is 1.54 bits per heavy atom. The lowest BCUT2D eigenvalue weighted by Crippen LogP contribution is -2.28. The Hall–Kier alpha value is -0.990. The van der Waals surface area contributed by atoms with Crippen molar-refractivity contribution in [2.45, 2.75) is 0 Å². The maximum absolute atomic E-state index is 11.0. The standard InChI is InChI=1S/C8H9NO3S/c1-12-5-3-2-4-9-7(10)6-13-8(9)11/h4-6H2,1H3. The number of hydrogen-bond acceptors (Lipinski definition) is 4. The van der Waals surface area contributed by atoms with E-state index in [4.69, 9.17) is 4.74 Å². The van der Waals surface area contributed by atoms with Crippen LogP contribution in [0.1, 0.15) is 0 Å². The van der Waals surface area contributed by atoms with Crippen molar-refractivity contribution in [3.05, 3.63) is 0 Å². The lowest BCUT2D eigenvalue weighted by molar-refractivity contribution is -0.124. The number of ether oxygens (including phenoxy) is 1. The largest absolute Gasteiger partial charge is 0.372 e. The van der Waals surface area contributed by atoms with Crippen molar-refractivity contribution in [2.75, 3.05) is 26.0 Å². The van der Waals surface area contributed by atoms with E-state index >= 15 is 0 Å². The van der Waals surface area contributed by atoms with Gasteiger partial charge in [0.25, 0.3) is 5.24 Å². The second-order valence-corrected chi connectivity index (χ2v) is 3.25. The minimum atomic E-state index is -0.211. The minimum Gasteiger partial charge on any atom is -0.372 e. The van der Waals surface area contributed by atoms with E-state index in [0.717, 1.165) is 16.7 Å². The molecule has 1 saturated heterocycles. The molecule has 0 saturated carbocycles. The van der Waals surface area contributed by atoms with Crippen molar-refractivity contribution in [3.63, 3.8) is 0 Å². The molecule has 1 aliphatic heterocycles. The van der Waals surface area contributed by atoms with E-state index in [0.29, 0.717) is 6.61 Å². The van der Waals surface area contributed by atoms with Crippen LogP contribution in [0.25, 0.3) is 0 Å². The van der Waals surface area contributed by atoms with Gasteiger partial charge in [-0.05, 0) is 0 Å². The first-order chi connectivity index (χ1) is 6.25. The summed E-state index contributed by atoms with van der Waals surface area (Å²) < 4.78 is 4.69. The third-order valence-corrected chi connectivity index (χ3v) is 2.28. The van der Waals surface area contributed by atoms with Gasteiger partial charge in [-0.1, -0.05) is 23.6 Å². The van der Waals surface area contributed by atoms with Crippen molar-refractivity contribution in [3.8, 4) is 11.8 Å². The highest BCUT2D eigenvalue weighted by molar-refractivity contribution is 8.14. The predicted octanol–water partition coefficient (Wildman–Crippen LogP) is 0.332. The fourth-order valence-electron chi connectivity index (χ4n) is 0.792. The summed E-state index contributed by atoms with van der Waals surface area (Å²) in [7, 11) is 1.54. The number of hydrogen-bond donors (Lipinski definition) is 0. The number of imide groups is 1. The van der Waals surface area contributed by atoms with Crippen LogP contribution < -0.4 is 0 Å². The zero-order valence-corrected chi connectivity index (χ0v) is 8.02. The molecule has 0 N–H and O–H groups in total. The Morgan fingerprint density at radius 2 is 2.31 bits per heavy atom. The fourth-order valence-corrected chi connectivity index (χ4v) is 1.52. The highest BCUT2D eigenvalue weighted by atomic mass is 32.2. The molecule has 1 rings (SSSR count). The normalized spacial score (nSPS) is 15.9. The zero-order chi connectivity index (χ0) is 9.68. The topological polar surface area (TPSA) is 46.6 Å². The van der Waals surface area contributed by atoms with E-state index in [9.17, 15) is 9.59 Å². The number of methoxy groups -OCH3 is 1. The lowest BCUT2D eigenvalue weighted by atomic mass is 10.5. The molecule has 0 unspecified atom stereocenters. The summed E-state index contributed by atoms with van der Waals surface area (Å²) in [4.78, 5) is 23.2. The molecule has 70 valence electrons. The lowest BCUT2D eigenvalue weighted by Gasteiger charge is -2.06. The Morgan fingerprint density at radius 3 is 2.85 bits per heavy atom. The number of rotatable bonds is 2. The zero-order valence-electron chi connectivity index (χ0n) is 7.20. The molecule has 0 atom stereocenters. The second-order valence-electron chi connectivity index (χ2n) is 2.32. The highest BCUT2D eigenvalue weighted by Crippen LogP contribution is 2.17. The van der Waals surface area contributed by atoms with Gasteiger partial charge < -0.3 is 4.74 Å². The van der Waals surface area contributed by atoms with Gasteiger partial charge in [0.1, 0.15) is 6.61 Å². The van der Waals surface area contributed by atoms with E-state index in [1.54, 1.807) is 0 Å². The number of carbonyl (C=O) groups is 2. The molecule has 2 amide bonds. The van der Waals surface area contributed by atoms with Gasteiger partial charge in [-0.3, -0.25) is 14.5 Å². The molecular weight excluding hydrogens is 190 g/mol. The van der Waals surface area contributed by atoms with E-state index in [1.807, 2.05) is 0 Å². The Kier molecular flexibility index (Phi) is 3.80. The third kappa shape index (κ3) is 2.76. The molecule has 0 bridgehead atoms. The first-order valence-corrected chi connectivity index (χ1v) is 4.66. The minimum absolute atomic E-state index is 0.165. The van der Waals surface area contributed by atoms with Crippen LogP contribution in [0.3, 0.4) is 0 Å². The van der Waals surface area contributed by atoms with Crippen LogP contribution in [0.2, 0.25) is 0 Å². The first-order valence-electron chi connectivity index (χ1n) is 3.67. The summed E-state index contributed by atoms with van der Waals surface area (Å²) in [6, 6.07) is 0. The van der Waals surface area contributed by atoms with Gasteiger partial charge in [0, 0.05) is 7.11 Å². The molecule has 0 aromatic rings. The molecule has 0 aliphatic carbocycles. The molecule has 1 aliphatic rings. The quantitative estimate of drug-likeness (QED) is 0.601. The van der Waals surface area contributed by atoms with Crippen molar-refractivity contribution >= 4 is 22.9 Å². The van der Waals surface area contributed by atoms with Crippen molar-refractivity contribution in [1.82, 2.24) is 4.90 Å². The Labute approximate surface area is 80.6 Å². The highest BCUT2D eigenvalue weighted by Gasteiger charge is 2.28. The average Bonchev–Trinajstić information content (AvgIpc) is 2.42. The predicted molar refractivity (Wildman–Crippen MR) is 49.2 cm³/mol. The SMILES string of the molecule is COCC#CCN1C(=O)CSC1=O. The van der Waals surface area contributed by atoms with Gasteiger partial charge in [-0.15, -0.1) is 0 Å².